The fourth-order valence-corrected chi connectivity index (χ4v) is 2.91. The van der Waals surface area contributed by atoms with Gasteiger partial charge in [-0.05, 0) is 36.2 Å². The molecule has 0 radical (unpaired) electrons. The number of methoxy groups -OCH3 is 1. The molecule has 3 amide bonds. The van der Waals surface area contributed by atoms with E-state index in [9.17, 15) is 14.9 Å². The Morgan fingerprint density at radius 2 is 1.96 bits per heavy atom. The highest BCUT2D eigenvalue weighted by molar-refractivity contribution is 6.07. The maximum absolute atomic E-state index is 13.0. The molecular formula is C19H17N3O3. The van der Waals surface area contributed by atoms with Crippen LogP contribution in [0.5, 0.6) is 5.75 Å². The van der Waals surface area contributed by atoms with E-state index in [0.29, 0.717) is 22.4 Å². The van der Waals surface area contributed by atoms with Crippen LogP contribution in [0.3, 0.4) is 0 Å². The van der Waals surface area contributed by atoms with Crippen molar-refractivity contribution in [3.63, 3.8) is 0 Å². The highest BCUT2D eigenvalue weighted by Gasteiger charge is 2.49. The number of nitrogens with one attached hydrogen (secondary N) is 1. The van der Waals surface area contributed by atoms with Crippen LogP contribution in [0.2, 0.25) is 0 Å². The topological polar surface area (TPSA) is 82.4 Å². The first-order chi connectivity index (χ1) is 12.0. The summed E-state index contributed by atoms with van der Waals surface area (Å²) in [6.07, 6.45) is 0. The number of nitrogens with zero attached hydrogens (tertiary/aromatic N) is 2. The van der Waals surface area contributed by atoms with Crippen molar-refractivity contribution in [1.82, 2.24) is 10.2 Å². The Morgan fingerprint density at radius 1 is 1.20 bits per heavy atom. The number of carbonyl (C=O) groups is 2. The summed E-state index contributed by atoms with van der Waals surface area (Å²) in [6.45, 7) is 1.71. The number of benzene rings is 2. The van der Waals surface area contributed by atoms with E-state index in [1.165, 1.54) is 0 Å². The molecule has 1 aliphatic heterocycles. The average Bonchev–Trinajstić information content (AvgIpc) is 2.86. The lowest BCUT2D eigenvalue weighted by molar-refractivity contribution is -0.131. The molecule has 0 bridgehead atoms. The van der Waals surface area contributed by atoms with E-state index < -0.39 is 11.6 Å². The molecule has 3 rings (SSSR count). The normalized spacial score (nSPS) is 19.5. The lowest BCUT2D eigenvalue weighted by atomic mass is 9.91. The summed E-state index contributed by atoms with van der Waals surface area (Å²) in [5, 5.41) is 11.9. The monoisotopic (exact) mass is 335 g/mol. The summed E-state index contributed by atoms with van der Waals surface area (Å²) in [4.78, 5) is 26.5. The van der Waals surface area contributed by atoms with Crippen molar-refractivity contribution in [3.8, 4) is 11.8 Å². The van der Waals surface area contributed by atoms with Gasteiger partial charge >= 0.3 is 6.03 Å². The second-order valence-corrected chi connectivity index (χ2v) is 5.95. The van der Waals surface area contributed by atoms with Gasteiger partial charge < -0.3 is 10.1 Å². The number of rotatable bonds is 4. The van der Waals surface area contributed by atoms with Gasteiger partial charge in [0.25, 0.3) is 5.91 Å². The van der Waals surface area contributed by atoms with E-state index in [1.807, 2.05) is 0 Å². The van der Waals surface area contributed by atoms with Gasteiger partial charge in [0, 0.05) is 0 Å². The van der Waals surface area contributed by atoms with E-state index in [4.69, 9.17) is 4.74 Å². The quantitative estimate of drug-likeness (QED) is 0.871. The molecule has 1 fully saturated rings. The zero-order chi connectivity index (χ0) is 18.0. The molecule has 2 aromatic rings. The summed E-state index contributed by atoms with van der Waals surface area (Å²) in [6, 6.07) is 15.6. The molecule has 1 N–H and O–H groups in total. The van der Waals surface area contributed by atoms with Crippen molar-refractivity contribution < 1.29 is 14.3 Å². The Morgan fingerprint density at radius 3 is 2.68 bits per heavy atom. The predicted octanol–water partition coefficient (Wildman–Crippen LogP) is 2.53. The van der Waals surface area contributed by atoms with Gasteiger partial charge in [0.2, 0.25) is 0 Å². The zero-order valence-corrected chi connectivity index (χ0v) is 13.9. The van der Waals surface area contributed by atoms with Crippen molar-refractivity contribution in [3.05, 3.63) is 65.2 Å². The molecule has 2 aromatic carbocycles. The van der Waals surface area contributed by atoms with Crippen molar-refractivity contribution in [2.75, 3.05) is 7.11 Å². The van der Waals surface area contributed by atoms with Crippen molar-refractivity contribution in [1.29, 1.82) is 5.26 Å². The van der Waals surface area contributed by atoms with Gasteiger partial charge in [-0.1, -0.05) is 30.3 Å². The average molecular weight is 335 g/mol. The van der Waals surface area contributed by atoms with Gasteiger partial charge in [-0.25, -0.2) is 4.79 Å². The van der Waals surface area contributed by atoms with Crippen LogP contribution in [-0.4, -0.2) is 23.9 Å². The van der Waals surface area contributed by atoms with Crippen molar-refractivity contribution in [2.24, 2.45) is 0 Å². The molecule has 6 heteroatoms. The number of carbonyl (C=O) groups excluding carboxylic acids is 2. The number of hydrogen-bond acceptors (Lipinski definition) is 4. The highest BCUT2D eigenvalue weighted by Crippen LogP contribution is 2.31. The summed E-state index contributed by atoms with van der Waals surface area (Å²) in [7, 11) is 1.54. The van der Waals surface area contributed by atoms with Gasteiger partial charge in [-0.2, -0.15) is 5.26 Å². The van der Waals surface area contributed by atoms with Crippen LogP contribution < -0.4 is 10.1 Å². The molecule has 0 spiro atoms. The predicted molar refractivity (Wildman–Crippen MR) is 90.6 cm³/mol. The van der Waals surface area contributed by atoms with Crippen LogP contribution in [0, 0.1) is 11.3 Å². The fraction of sp³-hybridized carbons (Fsp3) is 0.211. The first kappa shape index (κ1) is 16.5. The van der Waals surface area contributed by atoms with Gasteiger partial charge in [-0.15, -0.1) is 0 Å². The van der Waals surface area contributed by atoms with Crippen LogP contribution in [0.4, 0.5) is 4.79 Å². The molecule has 25 heavy (non-hydrogen) atoms. The maximum Gasteiger partial charge on any atom is 0.325 e. The number of hydrogen-bond donors (Lipinski definition) is 1. The number of imide groups is 1. The van der Waals surface area contributed by atoms with E-state index in [0.717, 1.165) is 4.90 Å². The molecule has 0 aromatic heterocycles. The lowest BCUT2D eigenvalue weighted by Gasteiger charge is -2.22. The minimum Gasteiger partial charge on any atom is -0.497 e. The summed E-state index contributed by atoms with van der Waals surface area (Å²) in [5.41, 5.74) is 0.537. The van der Waals surface area contributed by atoms with Crippen LogP contribution in [0.25, 0.3) is 0 Å². The second-order valence-electron chi connectivity index (χ2n) is 5.95. The van der Waals surface area contributed by atoms with E-state index >= 15 is 0 Å². The van der Waals surface area contributed by atoms with E-state index in [1.54, 1.807) is 62.6 Å². The van der Waals surface area contributed by atoms with Crippen LogP contribution in [-0.2, 0) is 16.9 Å². The molecular weight excluding hydrogens is 318 g/mol. The highest BCUT2D eigenvalue weighted by atomic mass is 16.5. The third kappa shape index (κ3) is 2.81. The maximum atomic E-state index is 13.0. The number of amides is 3. The molecule has 1 atom stereocenters. The summed E-state index contributed by atoms with van der Waals surface area (Å²) >= 11 is 0. The van der Waals surface area contributed by atoms with Crippen LogP contribution in [0.1, 0.15) is 23.6 Å². The standard InChI is InChI=1S/C19H17N3O3/c1-19(15-8-5-9-16(10-15)25-2)17(23)22(18(24)21-19)12-14-7-4-3-6-13(14)11-20/h3-10H,12H2,1-2H3,(H,21,24)/t19-/m0/s1. The van der Waals surface area contributed by atoms with Crippen molar-refractivity contribution in [2.45, 2.75) is 19.0 Å². The third-order valence-corrected chi connectivity index (χ3v) is 4.39. The Hall–Kier alpha value is -3.33. The lowest BCUT2D eigenvalue weighted by Crippen LogP contribution is -2.40. The Kier molecular flexibility index (Phi) is 4.15. The molecule has 6 nitrogen and oxygen atoms in total. The van der Waals surface area contributed by atoms with Gasteiger partial charge in [0.1, 0.15) is 11.3 Å². The smallest absolute Gasteiger partial charge is 0.325 e. The minimum absolute atomic E-state index is 0.0496. The minimum atomic E-state index is -1.17. The second kappa shape index (κ2) is 6.29. The fourth-order valence-electron chi connectivity index (χ4n) is 2.91. The molecule has 0 unspecified atom stereocenters. The molecule has 1 aliphatic rings. The number of urea groups is 1. The molecule has 0 aliphatic carbocycles. The molecule has 126 valence electrons. The van der Waals surface area contributed by atoms with Crippen LogP contribution in [0.15, 0.2) is 48.5 Å². The largest absolute Gasteiger partial charge is 0.497 e. The van der Waals surface area contributed by atoms with E-state index in [-0.39, 0.29) is 12.5 Å². The zero-order valence-electron chi connectivity index (χ0n) is 13.9. The molecule has 1 saturated heterocycles. The Balaban J connectivity index is 1.93. The first-order valence-electron chi connectivity index (χ1n) is 7.76. The number of nitriles is 1. The molecule has 0 saturated carbocycles. The SMILES string of the molecule is COc1cccc([C@]2(C)NC(=O)N(Cc3ccccc3C#N)C2=O)c1. The van der Waals surface area contributed by atoms with Gasteiger partial charge in [-0.3, -0.25) is 9.69 Å². The Labute approximate surface area is 145 Å². The van der Waals surface area contributed by atoms with E-state index in [2.05, 4.69) is 11.4 Å². The number of ether oxygens (including phenoxy) is 1. The first-order valence-corrected chi connectivity index (χ1v) is 7.76. The Bertz CT molecular complexity index is 887. The summed E-state index contributed by atoms with van der Waals surface area (Å²) in [5.74, 6) is 0.243. The molecule has 1 heterocycles. The van der Waals surface area contributed by atoms with Gasteiger partial charge in [0.05, 0.1) is 25.3 Å². The van der Waals surface area contributed by atoms with Crippen molar-refractivity contribution >= 4 is 11.9 Å². The van der Waals surface area contributed by atoms with Gasteiger partial charge in [0.15, 0.2) is 0 Å². The van der Waals surface area contributed by atoms with Crippen LogP contribution >= 0.6 is 0 Å². The third-order valence-electron chi connectivity index (χ3n) is 4.39. The summed E-state index contributed by atoms with van der Waals surface area (Å²) < 4.78 is 5.20.